The van der Waals surface area contributed by atoms with Crippen molar-refractivity contribution < 1.29 is 23.9 Å². The highest BCUT2D eigenvalue weighted by molar-refractivity contribution is 6.26. The highest BCUT2D eigenvalue weighted by Crippen LogP contribution is 2.34. The first kappa shape index (κ1) is 28.1. The molecule has 1 unspecified atom stereocenters. The predicted octanol–water partition coefficient (Wildman–Crippen LogP) is 7.10. The lowest BCUT2D eigenvalue weighted by atomic mass is 9.79. The molecule has 0 saturated heterocycles. The minimum Gasteiger partial charge on any atom is -0.497 e. The number of carbonyl (C=O) groups is 3. The number of allylic oxidation sites excluding steroid dienone is 2. The van der Waals surface area contributed by atoms with Gasteiger partial charge in [0, 0.05) is 12.8 Å². The van der Waals surface area contributed by atoms with Crippen LogP contribution in [0.1, 0.15) is 117 Å². The lowest BCUT2D eigenvalue weighted by Crippen LogP contribution is -2.51. The molecular weight excluding hydrogens is 428 g/mol. The van der Waals surface area contributed by atoms with Crippen LogP contribution in [-0.2, 0) is 23.9 Å². The molecule has 34 heavy (non-hydrogen) atoms. The van der Waals surface area contributed by atoms with E-state index >= 15 is 0 Å². The maximum absolute atomic E-state index is 12.9. The number of unbranched alkanes of at least 4 members (excludes halogenated alkanes) is 11. The zero-order valence-corrected chi connectivity index (χ0v) is 21.5. The van der Waals surface area contributed by atoms with Gasteiger partial charge < -0.3 is 9.47 Å². The topological polar surface area (TPSA) is 69.7 Å². The number of hydrogen-bond acceptors (Lipinski definition) is 5. The van der Waals surface area contributed by atoms with Gasteiger partial charge in [-0.25, -0.2) is 0 Å². The van der Waals surface area contributed by atoms with Crippen LogP contribution < -0.4 is 0 Å². The minimum absolute atomic E-state index is 0.0800. The van der Waals surface area contributed by atoms with Gasteiger partial charge in [-0.15, -0.1) is 0 Å². The zero-order valence-electron chi connectivity index (χ0n) is 21.5. The highest BCUT2D eigenvalue weighted by atomic mass is 16.6. The number of fused-ring (bicyclic) bond motifs is 1. The SMILES string of the molecule is CCCCCCCC/C=C\CCCCCCCC(=O)O[C@]1(C)C(=O)C=C2CC(C)OC=C2C1=O. The Kier molecular flexibility index (Phi) is 12.3. The molecule has 2 rings (SSSR count). The molecule has 0 aromatic heterocycles. The Labute approximate surface area is 206 Å². The smallest absolute Gasteiger partial charge is 0.307 e. The normalized spacial score (nSPS) is 22.3. The van der Waals surface area contributed by atoms with Crippen molar-refractivity contribution in [3.05, 3.63) is 35.6 Å². The average molecular weight is 473 g/mol. The van der Waals surface area contributed by atoms with E-state index in [4.69, 9.17) is 9.47 Å². The van der Waals surface area contributed by atoms with Crippen molar-refractivity contribution in [1.29, 1.82) is 0 Å². The molecule has 190 valence electrons. The second kappa shape index (κ2) is 15.0. The molecule has 0 aromatic carbocycles. The van der Waals surface area contributed by atoms with E-state index in [-0.39, 0.29) is 12.5 Å². The van der Waals surface area contributed by atoms with Crippen molar-refractivity contribution >= 4 is 17.5 Å². The fraction of sp³-hybridized carbons (Fsp3) is 0.690. The van der Waals surface area contributed by atoms with Crippen LogP contribution in [0.5, 0.6) is 0 Å². The summed E-state index contributed by atoms with van der Waals surface area (Å²) in [5.41, 5.74) is -0.772. The lowest BCUT2D eigenvalue weighted by molar-refractivity contribution is -0.169. The van der Waals surface area contributed by atoms with E-state index in [0.717, 1.165) is 25.7 Å². The Balaban J connectivity index is 1.55. The van der Waals surface area contributed by atoms with Crippen LogP contribution in [-0.4, -0.2) is 29.2 Å². The third-order valence-electron chi connectivity index (χ3n) is 6.69. The van der Waals surface area contributed by atoms with Gasteiger partial charge in [-0.05, 0) is 57.6 Å². The molecule has 2 atom stereocenters. The molecule has 0 amide bonds. The Bertz CT molecular complexity index is 775. The van der Waals surface area contributed by atoms with Gasteiger partial charge in [0.1, 0.15) is 0 Å². The molecule has 0 radical (unpaired) electrons. The molecule has 0 aromatic rings. The van der Waals surface area contributed by atoms with Crippen LogP contribution in [0.15, 0.2) is 35.6 Å². The predicted molar refractivity (Wildman–Crippen MR) is 135 cm³/mol. The van der Waals surface area contributed by atoms with Crippen molar-refractivity contribution in [3.8, 4) is 0 Å². The fourth-order valence-electron chi connectivity index (χ4n) is 4.44. The summed E-state index contributed by atoms with van der Waals surface area (Å²) in [6.07, 6.45) is 23.5. The quantitative estimate of drug-likeness (QED) is 0.104. The molecule has 0 saturated carbocycles. The number of carbonyl (C=O) groups excluding carboxylic acids is 3. The maximum Gasteiger partial charge on any atom is 0.307 e. The second-order valence-corrected chi connectivity index (χ2v) is 9.89. The first-order chi connectivity index (χ1) is 16.4. The summed E-state index contributed by atoms with van der Waals surface area (Å²) >= 11 is 0. The number of hydrogen-bond donors (Lipinski definition) is 0. The van der Waals surface area contributed by atoms with Crippen LogP contribution in [0.4, 0.5) is 0 Å². The summed E-state index contributed by atoms with van der Waals surface area (Å²) in [4.78, 5) is 37.8. The largest absolute Gasteiger partial charge is 0.497 e. The summed E-state index contributed by atoms with van der Waals surface area (Å²) < 4.78 is 10.8. The summed E-state index contributed by atoms with van der Waals surface area (Å²) in [5, 5.41) is 0. The monoisotopic (exact) mass is 472 g/mol. The molecule has 1 aliphatic carbocycles. The molecule has 0 spiro atoms. The molecule has 5 nitrogen and oxygen atoms in total. The minimum atomic E-state index is -1.78. The highest BCUT2D eigenvalue weighted by Gasteiger charge is 2.49. The number of rotatable bonds is 16. The Morgan fingerprint density at radius 2 is 1.59 bits per heavy atom. The molecule has 5 heteroatoms. The van der Waals surface area contributed by atoms with Gasteiger partial charge in [-0.1, -0.05) is 70.4 Å². The molecule has 2 aliphatic rings. The molecule has 0 fully saturated rings. The standard InChI is InChI=1S/C29H44O5/c1-4-5-6-7-8-9-10-11-12-13-14-15-16-17-18-19-27(31)34-29(3)26(30)21-24-20-23(2)33-22-25(24)28(29)32/h11-12,21-23H,4-10,13-20H2,1-3H3/b12-11-/t23?,29-/m1/s1. The summed E-state index contributed by atoms with van der Waals surface area (Å²) in [6, 6.07) is 0. The molecule has 1 heterocycles. The first-order valence-corrected chi connectivity index (χ1v) is 13.4. The van der Waals surface area contributed by atoms with Crippen molar-refractivity contribution in [3.63, 3.8) is 0 Å². The molecule has 0 N–H and O–H groups in total. The van der Waals surface area contributed by atoms with E-state index in [0.29, 0.717) is 24.0 Å². The molecular formula is C29H44O5. The van der Waals surface area contributed by atoms with Crippen LogP contribution >= 0.6 is 0 Å². The van der Waals surface area contributed by atoms with Crippen LogP contribution in [0, 0.1) is 0 Å². The summed E-state index contributed by atoms with van der Waals surface area (Å²) in [6.45, 7) is 5.52. The van der Waals surface area contributed by atoms with Gasteiger partial charge in [0.2, 0.25) is 17.2 Å². The average Bonchev–Trinajstić information content (AvgIpc) is 2.80. The maximum atomic E-state index is 12.9. The van der Waals surface area contributed by atoms with Crippen LogP contribution in [0.25, 0.3) is 0 Å². The van der Waals surface area contributed by atoms with E-state index in [1.807, 2.05) is 6.92 Å². The third-order valence-corrected chi connectivity index (χ3v) is 6.69. The van der Waals surface area contributed by atoms with E-state index < -0.39 is 23.1 Å². The second-order valence-electron chi connectivity index (χ2n) is 9.89. The van der Waals surface area contributed by atoms with E-state index in [1.54, 1.807) is 0 Å². The van der Waals surface area contributed by atoms with Crippen molar-refractivity contribution in [2.45, 2.75) is 129 Å². The first-order valence-electron chi connectivity index (χ1n) is 13.4. The fourth-order valence-corrected chi connectivity index (χ4v) is 4.44. The molecule has 0 bridgehead atoms. The van der Waals surface area contributed by atoms with Crippen LogP contribution in [0.2, 0.25) is 0 Å². The van der Waals surface area contributed by atoms with Gasteiger partial charge in [0.25, 0.3) is 0 Å². The zero-order chi connectivity index (χ0) is 24.8. The molecule has 1 aliphatic heterocycles. The Morgan fingerprint density at radius 1 is 1.00 bits per heavy atom. The number of Topliss-reactive ketones (excluding diaryl/α,β-unsaturated/α-hetero) is 1. The Morgan fingerprint density at radius 3 is 2.24 bits per heavy atom. The lowest BCUT2D eigenvalue weighted by Gasteiger charge is -2.33. The number of esters is 1. The van der Waals surface area contributed by atoms with E-state index in [1.165, 1.54) is 70.6 Å². The van der Waals surface area contributed by atoms with Crippen molar-refractivity contribution in [1.82, 2.24) is 0 Å². The van der Waals surface area contributed by atoms with Gasteiger partial charge in [0.15, 0.2) is 0 Å². The van der Waals surface area contributed by atoms with Crippen molar-refractivity contribution in [2.75, 3.05) is 0 Å². The van der Waals surface area contributed by atoms with Gasteiger partial charge >= 0.3 is 5.97 Å². The van der Waals surface area contributed by atoms with E-state index in [9.17, 15) is 14.4 Å². The third kappa shape index (κ3) is 8.88. The Hall–Kier alpha value is -2.17. The number of ketones is 2. The summed E-state index contributed by atoms with van der Waals surface area (Å²) in [5.74, 6) is -1.44. The summed E-state index contributed by atoms with van der Waals surface area (Å²) in [7, 11) is 0. The van der Waals surface area contributed by atoms with E-state index in [2.05, 4.69) is 19.1 Å². The van der Waals surface area contributed by atoms with Crippen molar-refractivity contribution in [2.24, 2.45) is 0 Å². The van der Waals surface area contributed by atoms with Gasteiger partial charge in [-0.2, -0.15) is 0 Å². The number of ether oxygens (including phenoxy) is 2. The van der Waals surface area contributed by atoms with Gasteiger partial charge in [-0.3, -0.25) is 14.4 Å². The van der Waals surface area contributed by atoms with Gasteiger partial charge in [0.05, 0.1) is 17.9 Å². The van der Waals surface area contributed by atoms with Crippen LogP contribution in [0.3, 0.4) is 0 Å².